The zero-order valence-electron chi connectivity index (χ0n) is 4.97. The highest BCUT2D eigenvalue weighted by molar-refractivity contribution is 5.79. The minimum atomic E-state index is -0.458. The highest BCUT2D eigenvalue weighted by Crippen LogP contribution is 1.83. The molecule has 3 N–H and O–H groups in total. The molecular weight excluding hydrogens is 108 g/mol. The van der Waals surface area contributed by atoms with Crippen LogP contribution < -0.4 is 11.3 Å². The van der Waals surface area contributed by atoms with Gasteiger partial charge in [0.1, 0.15) is 6.10 Å². The third kappa shape index (κ3) is 1.90. The molecule has 0 aliphatic heterocycles. The van der Waals surface area contributed by atoms with Gasteiger partial charge in [-0.1, -0.05) is 0 Å². The number of ether oxygens (including phenoxy) is 1. The largest absolute Gasteiger partial charge is 0.372 e. The molecule has 1 unspecified atom stereocenters. The monoisotopic (exact) mass is 118 g/mol. The van der Waals surface area contributed by atoms with Crippen molar-refractivity contribution < 1.29 is 9.53 Å². The molecule has 4 heteroatoms. The molecule has 0 radical (unpaired) electrons. The van der Waals surface area contributed by atoms with Crippen LogP contribution >= 0.6 is 0 Å². The molecule has 0 aromatic carbocycles. The standard InChI is InChI=1S/C4H10N2O2/c1-3(8-2)4(7)6-5/h3H,5H2,1-2H3,(H,6,7). The first kappa shape index (κ1) is 7.39. The summed E-state index contributed by atoms with van der Waals surface area (Å²) in [6.45, 7) is 1.61. The topological polar surface area (TPSA) is 64.3 Å². The van der Waals surface area contributed by atoms with E-state index in [2.05, 4.69) is 4.74 Å². The van der Waals surface area contributed by atoms with Gasteiger partial charge in [0, 0.05) is 7.11 Å². The minimum absolute atomic E-state index is 0.312. The fourth-order valence-electron chi connectivity index (χ4n) is 0.224. The van der Waals surface area contributed by atoms with Gasteiger partial charge in [-0.15, -0.1) is 0 Å². The van der Waals surface area contributed by atoms with Gasteiger partial charge in [-0.05, 0) is 6.92 Å². The van der Waals surface area contributed by atoms with Gasteiger partial charge in [0.15, 0.2) is 0 Å². The van der Waals surface area contributed by atoms with E-state index in [0.717, 1.165) is 0 Å². The summed E-state index contributed by atoms with van der Waals surface area (Å²) in [6, 6.07) is 0. The predicted molar refractivity (Wildman–Crippen MR) is 28.8 cm³/mol. The van der Waals surface area contributed by atoms with Crippen LogP contribution in [0.5, 0.6) is 0 Å². The maximum Gasteiger partial charge on any atom is 0.262 e. The van der Waals surface area contributed by atoms with Gasteiger partial charge < -0.3 is 4.74 Å². The first-order valence-electron chi connectivity index (χ1n) is 2.25. The number of methoxy groups -OCH3 is 1. The molecule has 1 amide bonds. The molecule has 0 heterocycles. The van der Waals surface area contributed by atoms with Gasteiger partial charge >= 0.3 is 0 Å². The molecule has 0 bridgehead atoms. The number of nitrogens with two attached hydrogens (primary N) is 1. The fourth-order valence-corrected chi connectivity index (χ4v) is 0.224. The molecule has 48 valence electrons. The second-order valence-electron chi connectivity index (χ2n) is 1.39. The summed E-state index contributed by atoms with van der Waals surface area (Å²) >= 11 is 0. The molecule has 0 aromatic rings. The Morgan fingerprint density at radius 3 is 2.50 bits per heavy atom. The molecule has 0 spiro atoms. The van der Waals surface area contributed by atoms with E-state index in [1.54, 1.807) is 6.92 Å². The van der Waals surface area contributed by atoms with Crippen LogP contribution in [-0.4, -0.2) is 19.1 Å². The van der Waals surface area contributed by atoms with Gasteiger partial charge in [0.05, 0.1) is 0 Å². The smallest absolute Gasteiger partial charge is 0.262 e. The van der Waals surface area contributed by atoms with Crippen LogP contribution in [0.15, 0.2) is 0 Å². The van der Waals surface area contributed by atoms with E-state index >= 15 is 0 Å². The lowest BCUT2D eigenvalue weighted by Crippen LogP contribution is -2.38. The van der Waals surface area contributed by atoms with Crippen LogP contribution in [0.25, 0.3) is 0 Å². The maximum atomic E-state index is 10.4. The third-order valence-corrected chi connectivity index (χ3v) is 0.865. The molecule has 0 rings (SSSR count). The Morgan fingerprint density at radius 2 is 2.38 bits per heavy atom. The summed E-state index contributed by atoms with van der Waals surface area (Å²) < 4.78 is 4.61. The third-order valence-electron chi connectivity index (χ3n) is 0.865. The van der Waals surface area contributed by atoms with E-state index in [4.69, 9.17) is 5.84 Å². The van der Waals surface area contributed by atoms with Crippen LogP contribution in [-0.2, 0) is 9.53 Å². The molecule has 0 fully saturated rings. The molecule has 8 heavy (non-hydrogen) atoms. The Hall–Kier alpha value is -0.610. The summed E-state index contributed by atoms with van der Waals surface area (Å²) in [6.07, 6.45) is -0.458. The molecule has 4 nitrogen and oxygen atoms in total. The first-order valence-corrected chi connectivity index (χ1v) is 2.25. The average molecular weight is 118 g/mol. The van der Waals surface area contributed by atoms with E-state index in [-0.39, 0.29) is 5.91 Å². The lowest BCUT2D eigenvalue weighted by atomic mass is 10.4. The molecule has 0 aliphatic rings. The van der Waals surface area contributed by atoms with E-state index in [1.165, 1.54) is 7.11 Å². The van der Waals surface area contributed by atoms with E-state index in [0.29, 0.717) is 0 Å². The highest BCUT2D eigenvalue weighted by Gasteiger charge is 2.07. The van der Waals surface area contributed by atoms with Crippen LogP contribution in [0.1, 0.15) is 6.92 Å². The highest BCUT2D eigenvalue weighted by atomic mass is 16.5. The predicted octanol–water partition coefficient (Wildman–Crippen LogP) is -0.989. The summed E-state index contributed by atoms with van der Waals surface area (Å²) in [5.41, 5.74) is 1.95. The summed E-state index contributed by atoms with van der Waals surface area (Å²) in [5.74, 6) is 4.46. The quantitative estimate of drug-likeness (QED) is 0.278. The average Bonchev–Trinajstić information content (AvgIpc) is 1.84. The molecule has 0 aromatic heterocycles. The number of amides is 1. The zero-order valence-corrected chi connectivity index (χ0v) is 4.97. The Bertz CT molecular complexity index is 84.1. The number of carbonyl (C=O) groups is 1. The van der Waals surface area contributed by atoms with Gasteiger partial charge in [-0.2, -0.15) is 0 Å². The molecule has 0 saturated heterocycles. The van der Waals surface area contributed by atoms with Gasteiger partial charge in [0.25, 0.3) is 5.91 Å². The lowest BCUT2D eigenvalue weighted by molar-refractivity contribution is -0.130. The summed E-state index contributed by atoms with van der Waals surface area (Å²) in [4.78, 5) is 10.4. The second kappa shape index (κ2) is 3.40. The maximum absolute atomic E-state index is 10.4. The number of hydrazine groups is 1. The van der Waals surface area contributed by atoms with Gasteiger partial charge in [-0.25, -0.2) is 5.84 Å². The van der Waals surface area contributed by atoms with E-state index < -0.39 is 6.10 Å². The van der Waals surface area contributed by atoms with E-state index in [1.807, 2.05) is 5.43 Å². The lowest BCUT2D eigenvalue weighted by Gasteiger charge is -2.04. The molecular formula is C4H10N2O2. The number of rotatable bonds is 2. The fraction of sp³-hybridized carbons (Fsp3) is 0.750. The summed E-state index contributed by atoms with van der Waals surface area (Å²) in [5, 5.41) is 0. The van der Waals surface area contributed by atoms with Crippen molar-refractivity contribution >= 4 is 5.91 Å². The number of carbonyl (C=O) groups excluding carboxylic acids is 1. The number of hydrogen-bond donors (Lipinski definition) is 2. The van der Waals surface area contributed by atoms with Crippen LogP contribution in [0, 0.1) is 0 Å². The van der Waals surface area contributed by atoms with Crippen molar-refractivity contribution in [3.8, 4) is 0 Å². The normalized spacial score (nSPS) is 12.9. The van der Waals surface area contributed by atoms with Crippen LogP contribution in [0.4, 0.5) is 0 Å². The van der Waals surface area contributed by atoms with Crippen molar-refractivity contribution in [3.05, 3.63) is 0 Å². The summed E-state index contributed by atoms with van der Waals surface area (Å²) in [7, 11) is 1.44. The molecule has 0 saturated carbocycles. The Balaban J connectivity index is 3.46. The van der Waals surface area contributed by atoms with Crippen LogP contribution in [0.3, 0.4) is 0 Å². The Labute approximate surface area is 48.0 Å². The molecule has 1 atom stereocenters. The first-order chi connectivity index (χ1) is 3.72. The van der Waals surface area contributed by atoms with Crippen molar-refractivity contribution in [3.63, 3.8) is 0 Å². The van der Waals surface area contributed by atoms with Crippen molar-refractivity contribution in [2.24, 2.45) is 5.84 Å². The van der Waals surface area contributed by atoms with Crippen molar-refractivity contribution in [2.45, 2.75) is 13.0 Å². The van der Waals surface area contributed by atoms with Crippen LogP contribution in [0.2, 0.25) is 0 Å². The van der Waals surface area contributed by atoms with Crippen molar-refractivity contribution in [1.82, 2.24) is 5.43 Å². The van der Waals surface area contributed by atoms with E-state index in [9.17, 15) is 4.79 Å². The number of nitrogens with one attached hydrogen (secondary N) is 1. The Kier molecular flexibility index (Phi) is 3.14. The SMILES string of the molecule is COC(C)C(=O)NN. The minimum Gasteiger partial charge on any atom is -0.372 e. The zero-order chi connectivity index (χ0) is 6.57. The van der Waals surface area contributed by atoms with Crippen molar-refractivity contribution in [2.75, 3.05) is 7.11 Å². The van der Waals surface area contributed by atoms with Gasteiger partial charge in [-0.3, -0.25) is 10.2 Å². The molecule has 0 aliphatic carbocycles. The second-order valence-corrected chi connectivity index (χ2v) is 1.39. The van der Waals surface area contributed by atoms with Gasteiger partial charge in [0.2, 0.25) is 0 Å². The van der Waals surface area contributed by atoms with Crippen molar-refractivity contribution in [1.29, 1.82) is 0 Å². The number of hydrogen-bond acceptors (Lipinski definition) is 3. The Morgan fingerprint density at radius 1 is 1.88 bits per heavy atom.